The Kier molecular flexibility index (Phi) is 4.72. The van der Waals surface area contributed by atoms with Crippen molar-refractivity contribution >= 4 is 33.9 Å². The molecule has 4 aromatic rings. The Labute approximate surface area is 165 Å². The van der Waals surface area contributed by atoms with Crippen LogP contribution < -0.4 is 10.4 Å². The van der Waals surface area contributed by atoms with Gasteiger partial charge < -0.3 is 9.15 Å². The zero-order valence-corrected chi connectivity index (χ0v) is 16.4. The van der Waals surface area contributed by atoms with E-state index in [-0.39, 0.29) is 0 Å². The van der Waals surface area contributed by atoms with E-state index in [0.717, 1.165) is 27.9 Å². The lowest BCUT2D eigenvalue weighted by Gasteiger charge is -2.04. The summed E-state index contributed by atoms with van der Waals surface area (Å²) in [6, 6.07) is 14.9. The van der Waals surface area contributed by atoms with Crippen molar-refractivity contribution in [2.24, 2.45) is 0 Å². The minimum atomic E-state index is -0.425. The molecule has 0 unspecified atom stereocenters. The summed E-state index contributed by atoms with van der Waals surface area (Å²) < 4.78 is 10.8. The van der Waals surface area contributed by atoms with Crippen LogP contribution in [0.2, 0.25) is 5.02 Å². The smallest absolute Gasteiger partial charge is 0.346 e. The van der Waals surface area contributed by atoms with Gasteiger partial charge in [-0.2, -0.15) is 0 Å². The Morgan fingerprint density at radius 2 is 1.96 bits per heavy atom. The predicted octanol–water partition coefficient (Wildman–Crippen LogP) is 5.81. The van der Waals surface area contributed by atoms with Gasteiger partial charge in [-0.3, -0.25) is 0 Å². The second-order valence-corrected chi connectivity index (χ2v) is 7.50. The van der Waals surface area contributed by atoms with Crippen molar-refractivity contribution in [2.75, 3.05) is 7.11 Å². The maximum absolute atomic E-state index is 12.6. The van der Waals surface area contributed by atoms with Crippen molar-refractivity contribution in [1.82, 2.24) is 4.98 Å². The molecule has 0 aliphatic carbocycles. The molecule has 0 saturated carbocycles. The van der Waals surface area contributed by atoms with Crippen LogP contribution in [0.4, 0.5) is 0 Å². The lowest BCUT2D eigenvalue weighted by atomic mass is 10.1. The molecule has 27 heavy (non-hydrogen) atoms. The van der Waals surface area contributed by atoms with Gasteiger partial charge in [-0.05, 0) is 30.7 Å². The summed E-state index contributed by atoms with van der Waals surface area (Å²) in [7, 11) is 1.55. The third-order valence-corrected chi connectivity index (χ3v) is 5.80. The van der Waals surface area contributed by atoms with Crippen molar-refractivity contribution in [3.05, 3.63) is 68.9 Å². The lowest BCUT2D eigenvalue weighted by molar-refractivity contribution is 0.407. The number of hydrogen-bond acceptors (Lipinski definition) is 5. The highest BCUT2D eigenvalue weighted by Gasteiger charge is 2.18. The summed E-state index contributed by atoms with van der Waals surface area (Å²) in [4.78, 5) is 18.5. The molecule has 136 valence electrons. The number of hydrogen-bond donors (Lipinski definition) is 0. The average molecular weight is 398 g/mol. The van der Waals surface area contributed by atoms with E-state index >= 15 is 0 Å². The molecule has 0 saturated heterocycles. The Bertz CT molecular complexity index is 1180. The second kappa shape index (κ2) is 7.18. The number of nitrogens with zero attached hydrogens (tertiary/aromatic N) is 1. The minimum absolute atomic E-state index is 0.425. The van der Waals surface area contributed by atoms with Crippen LogP contribution in [0.3, 0.4) is 0 Å². The summed E-state index contributed by atoms with van der Waals surface area (Å²) in [6.45, 7) is 2.07. The highest BCUT2D eigenvalue weighted by Crippen LogP contribution is 2.35. The first-order valence-electron chi connectivity index (χ1n) is 8.47. The van der Waals surface area contributed by atoms with Crippen molar-refractivity contribution in [3.63, 3.8) is 0 Å². The Morgan fingerprint density at radius 3 is 2.67 bits per heavy atom. The Hall–Kier alpha value is -2.63. The van der Waals surface area contributed by atoms with Crippen molar-refractivity contribution in [1.29, 1.82) is 0 Å². The highest BCUT2D eigenvalue weighted by molar-refractivity contribution is 7.15. The summed E-state index contributed by atoms with van der Waals surface area (Å²) >= 11 is 7.50. The van der Waals surface area contributed by atoms with Gasteiger partial charge in [0.1, 0.15) is 5.01 Å². The highest BCUT2D eigenvalue weighted by atomic mass is 35.5. The largest absolute Gasteiger partial charge is 0.493 e. The van der Waals surface area contributed by atoms with E-state index in [4.69, 9.17) is 25.7 Å². The molecule has 0 amide bonds. The van der Waals surface area contributed by atoms with Gasteiger partial charge in [-0.1, -0.05) is 42.8 Å². The third kappa shape index (κ3) is 3.24. The van der Waals surface area contributed by atoms with Crippen LogP contribution in [0.5, 0.6) is 5.75 Å². The molecule has 2 aromatic heterocycles. The van der Waals surface area contributed by atoms with Gasteiger partial charge in [0.05, 0.1) is 18.4 Å². The van der Waals surface area contributed by atoms with Gasteiger partial charge in [0.2, 0.25) is 0 Å². The van der Waals surface area contributed by atoms with Gasteiger partial charge >= 0.3 is 5.63 Å². The van der Waals surface area contributed by atoms with Crippen LogP contribution in [0.15, 0.2) is 57.7 Å². The molecule has 4 rings (SSSR count). The number of thiazole rings is 1. The van der Waals surface area contributed by atoms with E-state index in [1.165, 1.54) is 11.3 Å². The molecule has 0 aliphatic heterocycles. The van der Waals surface area contributed by atoms with Crippen LogP contribution in [0.25, 0.3) is 32.8 Å². The molecule has 4 nitrogen and oxygen atoms in total. The fourth-order valence-corrected chi connectivity index (χ4v) is 4.12. The van der Waals surface area contributed by atoms with E-state index in [0.29, 0.717) is 26.9 Å². The van der Waals surface area contributed by atoms with Crippen molar-refractivity contribution < 1.29 is 9.15 Å². The zero-order valence-electron chi connectivity index (χ0n) is 14.8. The minimum Gasteiger partial charge on any atom is -0.493 e. The normalized spacial score (nSPS) is 11.1. The molecule has 2 heterocycles. The molecular weight excluding hydrogens is 382 g/mol. The van der Waals surface area contributed by atoms with E-state index < -0.39 is 5.63 Å². The molecule has 0 N–H and O–H groups in total. The monoisotopic (exact) mass is 397 g/mol. The third-order valence-electron chi connectivity index (χ3n) is 4.31. The number of rotatable bonds is 4. The predicted molar refractivity (Wildman–Crippen MR) is 110 cm³/mol. The van der Waals surface area contributed by atoms with Gasteiger partial charge in [0.25, 0.3) is 0 Å². The van der Waals surface area contributed by atoms with E-state index in [1.807, 2.05) is 42.5 Å². The summed E-state index contributed by atoms with van der Waals surface area (Å²) in [5, 5.41) is 2.12. The number of aryl methyl sites for hydroxylation is 1. The molecular formula is C21H16ClNO3S. The van der Waals surface area contributed by atoms with E-state index in [2.05, 4.69) is 6.92 Å². The molecule has 0 bridgehead atoms. The number of fused-ring (bicyclic) bond motifs is 1. The van der Waals surface area contributed by atoms with Crippen molar-refractivity contribution in [3.8, 4) is 27.6 Å². The number of ether oxygens (including phenoxy) is 1. The van der Waals surface area contributed by atoms with E-state index in [9.17, 15) is 4.79 Å². The number of aromatic nitrogens is 1. The first-order chi connectivity index (χ1) is 13.1. The lowest BCUT2D eigenvalue weighted by Crippen LogP contribution is -2.03. The second-order valence-electron chi connectivity index (χ2n) is 5.98. The molecule has 6 heteroatoms. The van der Waals surface area contributed by atoms with Gasteiger partial charge in [0, 0.05) is 20.8 Å². The maximum atomic E-state index is 12.6. The Balaban J connectivity index is 1.88. The van der Waals surface area contributed by atoms with Crippen molar-refractivity contribution in [2.45, 2.75) is 13.3 Å². The molecule has 0 radical (unpaired) electrons. The summed E-state index contributed by atoms with van der Waals surface area (Å²) in [6.07, 6.45) is 0.822. The summed E-state index contributed by atoms with van der Waals surface area (Å²) in [5.74, 6) is 0.534. The van der Waals surface area contributed by atoms with Crippen LogP contribution in [-0.4, -0.2) is 12.1 Å². The topological polar surface area (TPSA) is 52.3 Å². The molecule has 0 fully saturated rings. The van der Waals surface area contributed by atoms with Gasteiger partial charge in [-0.25, -0.2) is 9.78 Å². The fraction of sp³-hybridized carbons (Fsp3) is 0.143. The van der Waals surface area contributed by atoms with Gasteiger partial charge in [-0.15, -0.1) is 11.3 Å². The number of benzene rings is 2. The molecule has 0 atom stereocenters. The number of halogens is 1. The van der Waals surface area contributed by atoms with Gasteiger partial charge in [0.15, 0.2) is 11.3 Å². The number of para-hydroxylation sites is 1. The van der Waals surface area contributed by atoms with Crippen LogP contribution in [-0.2, 0) is 6.42 Å². The molecule has 2 aromatic carbocycles. The summed E-state index contributed by atoms with van der Waals surface area (Å²) in [5.41, 5.74) is 2.32. The quantitative estimate of drug-likeness (QED) is 0.408. The van der Waals surface area contributed by atoms with Crippen LogP contribution >= 0.6 is 22.9 Å². The molecule has 0 spiro atoms. The molecule has 0 aliphatic rings. The zero-order chi connectivity index (χ0) is 19.0. The maximum Gasteiger partial charge on any atom is 0.346 e. The van der Waals surface area contributed by atoms with Crippen LogP contribution in [0, 0.1) is 0 Å². The SMILES string of the molecule is CCc1sc(-c2cc3cccc(OC)c3oc2=O)nc1-c1ccc(Cl)cc1. The Morgan fingerprint density at radius 1 is 1.19 bits per heavy atom. The first-order valence-corrected chi connectivity index (χ1v) is 9.67. The van der Waals surface area contributed by atoms with E-state index in [1.54, 1.807) is 13.2 Å². The van der Waals surface area contributed by atoms with Crippen LogP contribution in [0.1, 0.15) is 11.8 Å². The fourth-order valence-electron chi connectivity index (χ4n) is 2.97. The number of methoxy groups -OCH3 is 1. The first kappa shape index (κ1) is 17.8. The standard InChI is InChI=1S/C21H16ClNO3S/c1-3-17-18(12-7-9-14(22)10-8-12)23-20(27-17)15-11-13-5-4-6-16(25-2)19(13)26-21(15)24/h4-11H,3H2,1-2H3. The average Bonchev–Trinajstić information content (AvgIpc) is 3.11.